The van der Waals surface area contributed by atoms with Gasteiger partial charge in [-0.05, 0) is 73.6 Å². The van der Waals surface area contributed by atoms with Crippen LogP contribution in [0.15, 0.2) is 60.7 Å². The third kappa shape index (κ3) is 4.79. The van der Waals surface area contributed by atoms with E-state index in [1.54, 1.807) is 55.5 Å². The van der Waals surface area contributed by atoms with Crippen molar-refractivity contribution in [3.63, 3.8) is 0 Å². The lowest BCUT2D eigenvalue weighted by molar-refractivity contribution is -0.128. The Morgan fingerprint density at radius 1 is 1.19 bits per heavy atom. The number of nitrogens with zero attached hydrogens (tertiary/aromatic N) is 1. The van der Waals surface area contributed by atoms with Gasteiger partial charge in [0.15, 0.2) is 0 Å². The molecule has 220 valence electrons. The molecule has 1 spiro atoms. The predicted molar refractivity (Wildman–Crippen MR) is 159 cm³/mol. The molecule has 3 aliphatic rings. The monoisotopic (exact) mass is 611 g/mol. The molecule has 4 N–H and O–H groups in total. The number of rotatable bonds is 8. The van der Waals surface area contributed by atoms with Gasteiger partial charge in [0, 0.05) is 40.8 Å². The molecule has 0 unspecified atom stereocenters. The second kappa shape index (κ2) is 11.2. The number of hydrogen-bond acceptors (Lipinski definition) is 6. The Kier molecular flexibility index (Phi) is 7.79. The fraction of sp³-hybridized carbons (Fsp3) is 0.375. The first-order valence-corrected chi connectivity index (χ1v) is 14.9. The Morgan fingerprint density at radius 2 is 1.93 bits per heavy atom. The maximum absolute atomic E-state index is 15.8. The lowest BCUT2D eigenvalue weighted by atomic mass is 9.73. The first-order valence-electron chi connectivity index (χ1n) is 14.2. The van der Waals surface area contributed by atoms with Gasteiger partial charge in [-0.1, -0.05) is 53.5 Å². The Labute approximate surface area is 253 Å². The fourth-order valence-corrected chi connectivity index (χ4v) is 7.14. The van der Waals surface area contributed by atoms with Crippen molar-refractivity contribution in [1.29, 1.82) is 0 Å². The van der Waals surface area contributed by atoms with E-state index in [1.807, 2.05) is 6.07 Å². The van der Waals surface area contributed by atoms with Crippen LogP contribution in [-0.4, -0.2) is 47.1 Å². The van der Waals surface area contributed by atoms with Crippen LogP contribution in [-0.2, 0) is 15.1 Å². The normalized spacial score (nSPS) is 25.9. The van der Waals surface area contributed by atoms with Gasteiger partial charge in [0.05, 0.1) is 23.3 Å². The molecule has 0 bridgehead atoms. The highest BCUT2D eigenvalue weighted by molar-refractivity contribution is 6.31. The summed E-state index contributed by atoms with van der Waals surface area (Å²) in [7, 11) is 0. The van der Waals surface area contributed by atoms with Gasteiger partial charge in [0.1, 0.15) is 11.4 Å². The van der Waals surface area contributed by atoms with Crippen LogP contribution in [0.3, 0.4) is 0 Å². The lowest BCUT2D eigenvalue weighted by Gasteiger charge is -2.40. The zero-order valence-corrected chi connectivity index (χ0v) is 24.5. The molecule has 3 aromatic carbocycles. The summed E-state index contributed by atoms with van der Waals surface area (Å²) in [6.07, 6.45) is 1.24. The zero-order valence-electron chi connectivity index (χ0n) is 23.0. The van der Waals surface area contributed by atoms with Gasteiger partial charge in [0.25, 0.3) is 0 Å². The summed E-state index contributed by atoms with van der Waals surface area (Å²) >= 11 is 12.6. The molecule has 2 fully saturated rings. The van der Waals surface area contributed by atoms with Crippen molar-refractivity contribution in [2.75, 3.05) is 18.5 Å². The highest BCUT2D eigenvalue weighted by Gasteiger charge is 2.66. The summed E-state index contributed by atoms with van der Waals surface area (Å²) < 4.78 is 20.9. The van der Waals surface area contributed by atoms with Crippen LogP contribution in [0.5, 0.6) is 0 Å². The van der Waals surface area contributed by atoms with E-state index in [2.05, 4.69) is 10.2 Å². The number of halogens is 3. The van der Waals surface area contributed by atoms with Crippen LogP contribution < -0.4 is 11.1 Å². The van der Waals surface area contributed by atoms with E-state index in [1.165, 1.54) is 6.07 Å². The zero-order chi connectivity index (χ0) is 29.8. The second-order valence-corrected chi connectivity index (χ2v) is 12.2. The fourth-order valence-electron chi connectivity index (χ4n) is 6.79. The van der Waals surface area contributed by atoms with Crippen LogP contribution in [0.1, 0.15) is 65.3 Å². The number of likely N-dealkylation sites (tertiary alicyclic amines) is 1. The molecule has 10 heteroatoms. The average molecular weight is 613 g/mol. The van der Waals surface area contributed by atoms with Gasteiger partial charge in [-0.3, -0.25) is 9.69 Å². The SMILES string of the molecule is CCOC(=O)c1ccc([C@@H](O)C[C@H]2[C@@H](N)[C@H](c3cccc(Cl)c3F)[C@]3(C(=O)Nc4cc(Cl)ccc43)N2CC2CC2)cc1. The maximum atomic E-state index is 15.8. The van der Waals surface area contributed by atoms with Crippen molar-refractivity contribution in [2.45, 2.75) is 55.8 Å². The van der Waals surface area contributed by atoms with Crippen LogP contribution in [0, 0.1) is 11.7 Å². The van der Waals surface area contributed by atoms with E-state index in [4.69, 9.17) is 33.7 Å². The molecule has 0 radical (unpaired) electrons. The van der Waals surface area contributed by atoms with Crippen LogP contribution in [0.25, 0.3) is 0 Å². The quantitative estimate of drug-likeness (QED) is 0.279. The Bertz CT molecular complexity index is 1530. The van der Waals surface area contributed by atoms with Gasteiger partial charge in [-0.2, -0.15) is 0 Å². The van der Waals surface area contributed by atoms with Gasteiger partial charge < -0.3 is 20.9 Å². The molecule has 1 saturated carbocycles. The van der Waals surface area contributed by atoms with Crippen molar-refractivity contribution in [3.8, 4) is 0 Å². The maximum Gasteiger partial charge on any atom is 0.338 e. The lowest BCUT2D eigenvalue weighted by Crippen LogP contribution is -2.53. The number of aliphatic hydroxyl groups excluding tert-OH is 1. The summed E-state index contributed by atoms with van der Waals surface area (Å²) in [5.74, 6) is -1.82. The number of amides is 1. The molecule has 5 atom stereocenters. The summed E-state index contributed by atoms with van der Waals surface area (Å²) in [6.45, 7) is 2.56. The van der Waals surface area contributed by atoms with E-state index < -0.39 is 41.4 Å². The molecule has 1 amide bonds. The number of esters is 1. The molecule has 0 aromatic heterocycles. The molecule has 7 nitrogen and oxygen atoms in total. The molecule has 42 heavy (non-hydrogen) atoms. The van der Waals surface area contributed by atoms with Gasteiger partial charge in [0.2, 0.25) is 5.91 Å². The van der Waals surface area contributed by atoms with Crippen molar-refractivity contribution in [1.82, 2.24) is 4.90 Å². The average Bonchev–Trinajstić information content (AvgIpc) is 3.71. The summed E-state index contributed by atoms with van der Waals surface area (Å²) in [6, 6.07) is 15.4. The number of hydrogen-bond donors (Lipinski definition) is 3. The molecule has 2 aliphatic heterocycles. The molecule has 2 heterocycles. The van der Waals surface area contributed by atoms with E-state index in [9.17, 15) is 14.7 Å². The summed E-state index contributed by atoms with van der Waals surface area (Å²) in [5.41, 5.74) is 8.18. The first-order chi connectivity index (χ1) is 20.2. The van der Waals surface area contributed by atoms with Crippen molar-refractivity contribution < 1.29 is 23.8 Å². The van der Waals surface area contributed by atoms with E-state index in [0.717, 1.165) is 12.8 Å². The topological polar surface area (TPSA) is 105 Å². The first kappa shape index (κ1) is 29.1. The van der Waals surface area contributed by atoms with E-state index in [0.29, 0.717) is 39.9 Å². The number of benzene rings is 3. The van der Waals surface area contributed by atoms with E-state index in [-0.39, 0.29) is 29.5 Å². The second-order valence-electron chi connectivity index (χ2n) is 11.4. The van der Waals surface area contributed by atoms with Crippen LogP contribution in [0.2, 0.25) is 10.0 Å². The number of carbonyl (C=O) groups is 2. The number of nitrogens with two attached hydrogens (primary N) is 1. The molecular weight excluding hydrogens is 580 g/mol. The number of ether oxygens (including phenoxy) is 1. The third-order valence-electron chi connectivity index (χ3n) is 8.86. The molecule has 6 rings (SSSR count). The van der Waals surface area contributed by atoms with Crippen molar-refractivity contribution >= 4 is 40.8 Å². The molecule has 1 saturated heterocycles. The summed E-state index contributed by atoms with van der Waals surface area (Å²) in [5, 5.41) is 14.9. The minimum absolute atomic E-state index is 0.0523. The predicted octanol–water partition coefficient (Wildman–Crippen LogP) is 5.79. The van der Waals surface area contributed by atoms with Crippen LogP contribution >= 0.6 is 23.2 Å². The highest BCUT2D eigenvalue weighted by atomic mass is 35.5. The molecular formula is C32H32Cl2FN3O4. The van der Waals surface area contributed by atoms with Gasteiger partial charge >= 0.3 is 5.97 Å². The number of aliphatic hydroxyl groups is 1. The molecule has 1 aliphatic carbocycles. The number of nitrogens with one attached hydrogen (secondary N) is 1. The van der Waals surface area contributed by atoms with Gasteiger partial charge in [-0.15, -0.1) is 0 Å². The molecule has 3 aromatic rings. The third-order valence-corrected chi connectivity index (χ3v) is 9.39. The minimum Gasteiger partial charge on any atom is -0.462 e. The Balaban J connectivity index is 1.45. The number of carbonyl (C=O) groups excluding carboxylic acids is 2. The standard InChI is InChI=1S/C32H32Cl2FN3O4/c1-2-42-30(40)19-10-8-18(9-11-19)26(39)15-25-29(36)27(21-4-3-5-23(34)28(21)35)32(38(25)16-17-6-7-17)22-13-12-20(33)14-24(22)37-31(32)41/h3-5,8-14,17,25-27,29,39H,2,6-7,15-16,36H2,1H3,(H,37,41)/t25-,26-,27-,29+,32+/m0/s1. The van der Waals surface area contributed by atoms with E-state index >= 15 is 4.39 Å². The minimum atomic E-state index is -1.34. The van der Waals surface area contributed by atoms with Crippen LogP contribution in [0.4, 0.5) is 10.1 Å². The van der Waals surface area contributed by atoms with Crippen molar-refractivity contribution in [3.05, 3.63) is 98.8 Å². The largest absolute Gasteiger partial charge is 0.462 e. The Hall–Kier alpha value is -3.01. The highest BCUT2D eigenvalue weighted by Crippen LogP contribution is 2.59. The number of anilines is 1. The van der Waals surface area contributed by atoms with Gasteiger partial charge in [-0.25, -0.2) is 9.18 Å². The number of fused-ring (bicyclic) bond motifs is 2. The summed E-state index contributed by atoms with van der Waals surface area (Å²) in [4.78, 5) is 28.5. The Morgan fingerprint density at radius 3 is 2.62 bits per heavy atom. The smallest absolute Gasteiger partial charge is 0.338 e. The van der Waals surface area contributed by atoms with Crippen molar-refractivity contribution in [2.24, 2.45) is 11.7 Å².